The predicted molar refractivity (Wildman–Crippen MR) is 76.9 cm³/mol. The van der Waals surface area contributed by atoms with E-state index in [1.165, 1.54) is 12.8 Å². The van der Waals surface area contributed by atoms with Crippen LogP contribution < -0.4 is 0 Å². The van der Waals surface area contributed by atoms with E-state index in [-0.39, 0.29) is 0 Å². The monoisotopic (exact) mass is 262 g/mol. The maximum atomic E-state index is 12.2. The zero-order valence-corrected chi connectivity index (χ0v) is 13.2. The summed E-state index contributed by atoms with van der Waals surface area (Å²) >= 11 is 0. The third-order valence-electron chi connectivity index (χ3n) is 3.80. The van der Waals surface area contributed by atoms with Crippen molar-refractivity contribution in [3.05, 3.63) is 0 Å². The lowest BCUT2D eigenvalue weighted by Crippen LogP contribution is -2.14. The van der Waals surface area contributed by atoms with Crippen LogP contribution in [-0.2, 0) is 4.57 Å². The Morgan fingerprint density at radius 1 is 1.12 bits per heavy atom. The first kappa shape index (κ1) is 17.2. The van der Waals surface area contributed by atoms with Crippen molar-refractivity contribution in [1.29, 1.82) is 0 Å². The minimum Gasteiger partial charge on any atom is -0.344 e. The molecule has 0 amide bonds. The van der Waals surface area contributed by atoms with Gasteiger partial charge in [-0.3, -0.25) is 4.57 Å². The van der Waals surface area contributed by atoms with Crippen LogP contribution in [-0.4, -0.2) is 17.2 Å². The largest absolute Gasteiger partial charge is 0.344 e. The highest BCUT2D eigenvalue weighted by Gasteiger charge is 2.26. The quantitative estimate of drug-likeness (QED) is 0.608. The summed E-state index contributed by atoms with van der Waals surface area (Å²) in [6.07, 6.45) is 5.51. The van der Waals surface area contributed by atoms with E-state index in [9.17, 15) is 9.46 Å². The SMILES string of the molecule is CCCCC(CC)CP(=O)(O)CC(C)C(C)C. The highest BCUT2D eigenvalue weighted by Crippen LogP contribution is 2.46. The van der Waals surface area contributed by atoms with Crippen LogP contribution in [0.15, 0.2) is 0 Å². The predicted octanol–water partition coefficient (Wildman–Crippen LogP) is 4.77. The zero-order valence-electron chi connectivity index (χ0n) is 12.3. The minimum atomic E-state index is -2.92. The van der Waals surface area contributed by atoms with Gasteiger partial charge in [-0.1, -0.05) is 53.9 Å². The topological polar surface area (TPSA) is 37.3 Å². The summed E-state index contributed by atoms with van der Waals surface area (Å²) in [5.41, 5.74) is 0. The van der Waals surface area contributed by atoms with Crippen molar-refractivity contribution < 1.29 is 9.46 Å². The standard InChI is InChI=1S/C14H31O2P/c1-6-8-9-14(7-2)11-17(15,16)10-13(5)12(3)4/h12-14H,6-11H2,1-5H3,(H,15,16). The summed E-state index contributed by atoms with van der Waals surface area (Å²) in [7, 11) is -2.92. The molecular formula is C14H31O2P. The first-order valence-corrected chi connectivity index (χ1v) is 9.16. The Balaban J connectivity index is 4.25. The van der Waals surface area contributed by atoms with Crippen molar-refractivity contribution in [2.24, 2.45) is 17.8 Å². The van der Waals surface area contributed by atoms with E-state index < -0.39 is 7.37 Å². The molecule has 1 N–H and O–H groups in total. The lowest BCUT2D eigenvalue weighted by Gasteiger charge is -2.23. The van der Waals surface area contributed by atoms with E-state index in [0.717, 1.165) is 12.8 Å². The highest BCUT2D eigenvalue weighted by molar-refractivity contribution is 7.58. The molecule has 0 aliphatic heterocycles. The van der Waals surface area contributed by atoms with Gasteiger partial charge in [0.1, 0.15) is 0 Å². The first-order valence-electron chi connectivity index (χ1n) is 7.13. The van der Waals surface area contributed by atoms with Crippen LogP contribution in [0.25, 0.3) is 0 Å². The van der Waals surface area contributed by atoms with Crippen molar-refractivity contribution in [2.75, 3.05) is 12.3 Å². The van der Waals surface area contributed by atoms with Crippen molar-refractivity contribution in [3.8, 4) is 0 Å². The Hall–Kier alpha value is 0.190. The van der Waals surface area contributed by atoms with Gasteiger partial charge in [0.2, 0.25) is 7.37 Å². The molecule has 0 aliphatic rings. The molecular weight excluding hydrogens is 231 g/mol. The molecule has 3 heteroatoms. The second kappa shape index (κ2) is 8.32. The summed E-state index contributed by atoms with van der Waals surface area (Å²) in [5.74, 6) is 1.27. The third-order valence-corrected chi connectivity index (χ3v) is 6.03. The number of rotatable bonds is 9. The Morgan fingerprint density at radius 3 is 2.12 bits per heavy atom. The van der Waals surface area contributed by atoms with E-state index in [1.54, 1.807) is 0 Å². The molecule has 0 bridgehead atoms. The van der Waals surface area contributed by atoms with Gasteiger partial charge in [0.05, 0.1) is 0 Å². The van der Waals surface area contributed by atoms with Gasteiger partial charge in [-0.2, -0.15) is 0 Å². The average molecular weight is 262 g/mol. The maximum absolute atomic E-state index is 12.2. The summed E-state index contributed by atoms with van der Waals surface area (Å²) in [6, 6.07) is 0. The Bertz CT molecular complexity index is 238. The van der Waals surface area contributed by atoms with Crippen molar-refractivity contribution in [2.45, 2.75) is 60.3 Å². The van der Waals surface area contributed by atoms with Gasteiger partial charge in [0.25, 0.3) is 0 Å². The summed E-state index contributed by atoms with van der Waals surface area (Å²) in [5, 5.41) is 0. The molecule has 17 heavy (non-hydrogen) atoms. The van der Waals surface area contributed by atoms with E-state index >= 15 is 0 Å². The number of hydrogen-bond acceptors (Lipinski definition) is 1. The molecule has 0 radical (unpaired) electrons. The third kappa shape index (κ3) is 8.00. The molecule has 0 rings (SSSR count). The molecule has 3 atom stereocenters. The molecule has 0 fully saturated rings. The van der Waals surface area contributed by atoms with Crippen molar-refractivity contribution in [1.82, 2.24) is 0 Å². The van der Waals surface area contributed by atoms with E-state index in [4.69, 9.17) is 0 Å². The molecule has 0 aromatic rings. The van der Waals surface area contributed by atoms with E-state index in [1.807, 2.05) is 0 Å². The highest BCUT2D eigenvalue weighted by atomic mass is 31.2. The lowest BCUT2D eigenvalue weighted by atomic mass is 10.0. The molecule has 3 unspecified atom stereocenters. The Labute approximate surface area is 108 Å². The van der Waals surface area contributed by atoms with Gasteiger partial charge in [-0.15, -0.1) is 0 Å². The molecule has 0 spiro atoms. The molecule has 0 aromatic heterocycles. The Kier molecular flexibility index (Phi) is 8.41. The van der Waals surface area contributed by atoms with Gasteiger partial charge >= 0.3 is 0 Å². The van der Waals surface area contributed by atoms with Crippen LogP contribution in [0.2, 0.25) is 0 Å². The van der Waals surface area contributed by atoms with E-state index in [0.29, 0.717) is 30.1 Å². The lowest BCUT2D eigenvalue weighted by molar-refractivity contribution is 0.404. The average Bonchev–Trinajstić information content (AvgIpc) is 2.23. The van der Waals surface area contributed by atoms with Crippen LogP contribution in [0.4, 0.5) is 0 Å². The van der Waals surface area contributed by atoms with Gasteiger partial charge in [0.15, 0.2) is 0 Å². The fraction of sp³-hybridized carbons (Fsp3) is 1.00. The molecule has 2 nitrogen and oxygen atoms in total. The number of hydrogen-bond donors (Lipinski definition) is 1. The fourth-order valence-electron chi connectivity index (χ4n) is 2.06. The van der Waals surface area contributed by atoms with Crippen molar-refractivity contribution in [3.63, 3.8) is 0 Å². The minimum absolute atomic E-state index is 0.342. The van der Waals surface area contributed by atoms with Gasteiger partial charge < -0.3 is 4.89 Å². The smallest absolute Gasteiger partial charge is 0.201 e. The normalized spacial score (nSPS) is 19.0. The summed E-state index contributed by atoms with van der Waals surface area (Å²) in [4.78, 5) is 10.1. The zero-order chi connectivity index (χ0) is 13.5. The van der Waals surface area contributed by atoms with Crippen LogP contribution in [0.1, 0.15) is 60.3 Å². The molecule has 0 saturated carbocycles. The summed E-state index contributed by atoms with van der Waals surface area (Å²) in [6.45, 7) is 10.6. The van der Waals surface area contributed by atoms with Gasteiger partial charge in [-0.05, 0) is 24.2 Å². The molecule has 104 valence electrons. The molecule has 0 saturated heterocycles. The first-order chi connectivity index (χ1) is 7.82. The summed E-state index contributed by atoms with van der Waals surface area (Å²) < 4.78 is 12.2. The molecule has 0 aliphatic carbocycles. The number of unbranched alkanes of at least 4 members (excludes halogenated alkanes) is 1. The van der Waals surface area contributed by atoms with Crippen LogP contribution >= 0.6 is 7.37 Å². The van der Waals surface area contributed by atoms with Crippen molar-refractivity contribution >= 4 is 7.37 Å². The van der Waals surface area contributed by atoms with E-state index in [2.05, 4.69) is 34.6 Å². The van der Waals surface area contributed by atoms with Crippen LogP contribution in [0.5, 0.6) is 0 Å². The fourth-order valence-corrected chi connectivity index (χ4v) is 4.77. The second-order valence-corrected chi connectivity index (χ2v) is 8.27. The molecule has 0 heterocycles. The molecule has 0 aromatic carbocycles. The van der Waals surface area contributed by atoms with Crippen LogP contribution in [0, 0.1) is 17.8 Å². The maximum Gasteiger partial charge on any atom is 0.201 e. The second-order valence-electron chi connectivity index (χ2n) is 5.85. The van der Waals surface area contributed by atoms with Gasteiger partial charge in [0, 0.05) is 12.3 Å². The van der Waals surface area contributed by atoms with Crippen LogP contribution in [0.3, 0.4) is 0 Å². The van der Waals surface area contributed by atoms with Gasteiger partial charge in [-0.25, -0.2) is 0 Å². The Morgan fingerprint density at radius 2 is 1.71 bits per heavy atom.